The van der Waals surface area contributed by atoms with E-state index in [1.54, 1.807) is 20.0 Å². The van der Waals surface area contributed by atoms with Gasteiger partial charge in [-0.3, -0.25) is 9.59 Å². The van der Waals surface area contributed by atoms with Crippen molar-refractivity contribution in [3.05, 3.63) is 11.8 Å². The molecule has 1 aliphatic heterocycles. The fourth-order valence-electron chi connectivity index (χ4n) is 2.20. The molecule has 0 saturated carbocycles. The van der Waals surface area contributed by atoms with Crippen molar-refractivity contribution in [3.63, 3.8) is 0 Å². The van der Waals surface area contributed by atoms with Gasteiger partial charge in [-0.1, -0.05) is 5.16 Å². The number of nitrogens with zero attached hydrogens (tertiary/aromatic N) is 2. The van der Waals surface area contributed by atoms with Crippen LogP contribution in [0.25, 0.3) is 0 Å². The summed E-state index contributed by atoms with van der Waals surface area (Å²) in [5, 5.41) is 9.49. The summed E-state index contributed by atoms with van der Waals surface area (Å²) < 4.78 is 4.85. The van der Waals surface area contributed by atoms with Gasteiger partial charge in [0.15, 0.2) is 5.82 Å². The predicted octanol–water partition coefficient (Wildman–Crippen LogP) is 0.380. The second-order valence-electron chi connectivity index (χ2n) is 5.18. The number of hydrogen-bond acceptors (Lipinski definition) is 5. The van der Waals surface area contributed by atoms with Crippen LogP contribution in [0.1, 0.15) is 18.6 Å². The Labute approximate surface area is 117 Å². The lowest BCUT2D eigenvalue weighted by Gasteiger charge is -2.18. The van der Waals surface area contributed by atoms with Crippen LogP contribution < -0.4 is 10.6 Å². The summed E-state index contributed by atoms with van der Waals surface area (Å²) in [7, 11) is 1.64. The van der Waals surface area contributed by atoms with E-state index in [9.17, 15) is 9.59 Å². The molecule has 1 atom stereocenters. The summed E-state index contributed by atoms with van der Waals surface area (Å²) in [6.45, 7) is 3.61. The monoisotopic (exact) mass is 280 g/mol. The molecule has 0 radical (unpaired) electrons. The Morgan fingerprint density at radius 1 is 1.60 bits per heavy atom. The van der Waals surface area contributed by atoms with Gasteiger partial charge in [0.25, 0.3) is 0 Å². The molecular weight excluding hydrogens is 260 g/mol. The quantitative estimate of drug-likeness (QED) is 0.814. The van der Waals surface area contributed by atoms with Crippen LogP contribution >= 0.6 is 0 Å². The SMILES string of the molecule is Cc1cc(NC(=O)CN(C)C(=O)CC2CCNC2)no1. The number of carbonyl (C=O) groups is 2. The molecule has 0 bridgehead atoms. The predicted molar refractivity (Wildman–Crippen MR) is 73.1 cm³/mol. The third-order valence-corrected chi connectivity index (χ3v) is 3.33. The maximum atomic E-state index is 12.0. The van der Waals surface area contributed by atoms with Crippen molar-refractivity contribution < 1.29 is 14.1 Å². The third-order valence-electron chi connectivity index (χ3n) is 3.33. The molecule has 1 saturated heterocycles. The van der Waals surface area contributed by atoms with Crippen LogP contribution in [0.2, 0.25) is 0 Å². The minimum Gasteiger partial charge on any atom is -0.360 e. The lowest BCUT2D eigenvalue weighted by atomic mass is 10.0. The van der Waals surface area contributed by atoms with E-state index in [1.807, 2.05) is 0 Å². The number of rotatable bonds is 5. The Kier molecular flexibility index (Phi) is 4.73. The third kappa shape index (κ3) is 4.06. The van der Waals surface area contributed by atoms with Crippen molar-refractivity contribution in [2.75, 3.05) is 32.0 Å². The first-order valence-corrected chi connectivity index (χ1v) is 6.72. The smallest absolute Gasteiger partial charge is 0.245 e. The van der Waals surface area contributed by atoms with Gasteiger partial charge in [0.2, 0.25) is 11.8 Å². The van der Waals surface area contributed by atoms with E-state index in [2.05, 4.69) is 15.8 Å². The van der Waals surface area contributed by atoms with Crippen LogP contribution in [0, 0.1) is 12.8 Å². The minimum atomic E-state index is -0.279. The number of amides is 2. The Morgan fingerprint density at radius 2 is 2.40 bits per heavy atom. The molecule has 1 aromatic rings. The molecule has 2 amide bonds. The number of aryl methyl sites for hydroxylation is 1. The largest absolute Gasteiger partial charge is 0.360 e. The molecule has 1 aromatic heterocycles. The maximum absolute atomic E-state index is 12.0. The molecule has 20 heavy (non-hydrogen) atoms. The Hall–Kier alpha value is -1.89. The van der Waals surface area contributed by atoms with Crippen LogP contribution in [-0.4, -0.2) is 48.6 Å². The van der Waals surface area contributed by atoms with Gasteiger partial charge in [0.1, 0.15) is 5.76 Å². The lowest BCUT2D eigenvalue weighted by molar-refractivity contribution is -0.134. The highest BCUT2D eigenvalue weighted by Gasteiger charge is 2.21. The van der Waals surface area contributed by atoms with E-state index in [0.29, 0.717) is 23.9 Å². The van der Waals surface area contributed by atoms with E-state index < -0.39 is 0 Å². The average molecular weight is 280 g/mol. The van der Waals surface area contributed by atoms with E-state index in [-0.39, 0.29) is 18.4 Å². The summed E-state index contributed by atoms with van der Waals surface area (Å²) >= 11 is 0. The fourth-order valence-corrected chi connectivity index (χ4v) is 2.20. The standard InChI is InChI=1S/C13H20N4O3/c1-9-5-11(16-20-9)15-12(18)8-17(2)13(19)6-10-3-4-14-7-10/h5,10,14H,3-4,6-8H2,1-2H3,(H,15,16,18). The molecule has 2 N–H and O–H groups in total. The molecule has 7 nitrogen and oxygen atoms in total. The maximum Gasteiger partial charge on any atom is 0.245 e. The molecule has 1 aliphatic rings. The van der Waals surface area contributed by atoms with Gasteiger partial charge in [-0.25, -0.2) is 0 Å². The topological polar surface area (TPSA) is 87.5 Å². The van der Waals surface area contributed by atoms with E-state index in [4.69, 9.17) is 4.52 Å². The number of hydrogen-bond donors (Lipinski definition) is 2. The van der Waals surface area contributed by atoms with E-state index >= 15 is 0 Å². The minimum absolute atomic E-state index is 0.00909. The van der Waals surface area contributed by atoms with Crippen molar-refractivity contribution in [2.45, 2.75) is 19.8 Å². The highest BCUT2D eigenvalue weighted by molar-refractivity contribution is 5.93. The van der Waals surface area contributed by atoms with Crippen molar-refractivity contribution >= 4 is 17.6 Å². The number of carbonyl (C=O) groups excluding carboxylic acids is 2. The van der Waals surface area contributed by atoms with Crippen molar-refractivity contribution in [1.82, 2.24) is 15.4 Å². The number of nitrogens with one attached hydrogen (secondary N) is 2. The van der Waals surface area contributed by atoms with Gasteiger partial charge in [0.05, 0.1) is 6.54 Å². The summed E-state index contributed by atoms with van der Waals surface area (Å²) in [4.78, 5) is 25.2. The number of anilines is 1. The van der Waals surface area contributed by atoms with Crippen LogP contribution in [0.5, 0.6) is 0 Å². The van der Waals surface area contributed by atoms with Crippen molar-refractivity contribution in [3.8, 4) is 0 Å². The van der Waals surface area contributed by atoms with Crippen molar-refractivity contribution in [1.29, 1.82) is 0 Å². The summed E-state index contributed by atoms with van der Waals surface area (Å²) in [5.41, 5.74) is 0. The second-order valence-corrected chi connectivity index (χ2v) is 5.18. The van der Waals surface area contributed by atoms with Gasteiger partial charge >= 0.3 is 0 Å². The van der Waals surface area contributed by atoms with Gasteiger partial charge in [-0.2, -0.15) is 0 Å². The lowest BCUT2D eigenvalue weighted by Crippen LogP contribution is -2.36. The molecule has 1 unspecified atom stereocenters. The zero-order valence-electron chi connectivity index (χ0n) is 11.8. The first-order valence-electron chi connectivity index (χ1n) is 6.72. The summed E-state index contributed by atoms with van der Waals surface area (Å²) in [5.74, 6) is 1.09. The summed E-state index contributed by atoms with van der Waals surface area (Å²) in [6.07, 6.45) is 1.50. The average Bonchev–Trinajstić information content (AvgIpc) is 3.01. The Morgan fingerprint density at radius 3 is 3.00 bits per heavy atom. The number of aromatic nitrogens is 1. The molecule has 2 heterocycles. The fraction of sp³-hybridized carbons (Fsp3) is 0.615. The van der Waals surface area contributed by atoms with Gasteiger partial charge < -0.3 is 20.1 Å². The van der Waals surface area contributed by atoms with E-state index in [1.165, 1.54) is 4.90 Å². The molecule has 7 heteroatoms. The molecular formula is C13H20N4O3. The molecule has 0 aliphatic carbocycles. The number of likely N-dealkylation sites (N-methyl/N-ethyl adjacent to an activating group) is 1. The highest BCUT2D eigenvalue weighted by Crippen LogP contribution is 2.13. The molecule has 0 aromatic carbocycles. The Balaban J connectivity index is 1.76. The van der Waals surface area contributed by atoms with Crippen LogP contribution in [-0.2, 0) is 9.59 Å². The van der Waals surface area contributed by atoms with Crippen LogP contribution in [0.4, 0.5) is 5.82 Å². The molecule has 2 rings (SSSR count). The zero-order valence-corrected chi connectivity index (χ0v) is 11.8. The first kappa shape index (κ1) is 14.5. The van der Waals surface area contributed by atoms with Crippen molar-refractivity contribution in [2.24, 2.45) is 5.92 Å². The second kappa shape index (κ2) is 6.51. The molecule has 110 valence electrons. The van der Waals surface area contributed by atoms with Gasteiger partial charge in [0, 0.05) is 19.5 Å². The van der Waals surface area contributed by atoms with E-state index in [0.717, 1.165) is 19.5 Å². The first-order chi connectivity index (χ1) is 9.54. The van der Waals surface area contributed by atoms with Crippen LogP contribution in [0.15, 0.2) is 10.6 Å². The van der Waals surface area contributed by atoms with Gasteiger partial charge in [-0.15, -0.1) is 0 Å². The zero-order chi connectivity index (χ0) is 14.5. The summed E-state index contributed by atoms with van der Waals surface area (Å²) in [6, 6.07) is 1.63. The highest BCUT2D eigenvalue weighted by atomic mass is 16.5. The van der Waals surface area contributed by atoms with Crippen LogP contribution in [0.3, 0.4) is 0 Å². The normalized spacial score (nSPS) is 18.0. The molecule has 1 fully saturated rings. The molecule has 0 spiro atoms. The Bertz CT molecular complexity index is 480. The van der Waals surface area contributed by atoms with Gasteiger partial charge in [-0.05, 0) is 32.4 Å².